The standard InChI is InChI=1S/C3F7O2P/c4-1(5,2(6,7)8)3(9,10)12-13-11. The van der Waals surface area contributed by atoms with Gasteiger partial charge in [0.15, 0.2) is 0 Å². The molecule has 0 aliphatic carbocycles. The third-order valence-electron chi connectivity index (χ3n) is 0.873. The molecule has 0 heterocycles. The zero-order chi connectivity index (χ0) is 10.9. The number of hydrogen-bond donors (Lipinski definition) is 0. The second-order valence-electron chi connectivity index (χ2n) is 1.75. The molecular weight excluding hydrogens is 232 g/mol. The molecule has 10 heteroatoms. The van der Waals surface area contributed by atoms with E-state index in [1.165, 1.54) is 0 Å². The molecule has 13 heavy (non-hydrogen) atoms. The average Bonchev–Trinajstić information content (AvgIpc) is 1.84. The van der Waals surface area contributed by atoms with Crippen molar-refractivity contribution in [3.8, 4) is 0 Å². The van der Waals surface area contributed by atoms with Gasteiger partial charge in [0, 0.05) is 0 Å². The van der Waals surface area contributed by atoms with Gasteiger partial charge < -0.3 is 0 Å². The van der Waals surface area contributed by atoms with Crippen molar-refractivity contribution < 1.29 is 39.8 Å². The molecule has 0 atom stereocenters. The van der Waals surface area contributed by atoms with Crippen molar-refractivity contribution in [3.05, 3.63) is 0 Å². The fourth-order valence-electron chi connectivity index (χ4n) is 0.269. The second kappa shape index (κ2) is 3.38. The Morgan fingerprint density at radius 2 is 1.31 bits per heavy atom. The van der Waals surface area contributed by atoms with Crippen LogP contribution in [0.15, 0.2) is 0 Å². The monoisotopic (exact) mass is 232 g/mol. The van der Waals surface area contributed by atoms with Crippen LogP contribution in [0.4, 0.5) is 30.7 Å². The van der Waals surface area contributed by atoms with Gasteiger partial charge in [-0.05, 0) is 0 Å². The van der Waals surface area contributed by atoms with Crippen LogP contribution in [-0.2, 0) is 9.09 Å². The molecule has 0 aromatic heterocycles. The molecular formula is C3F7O2P. The zero-order valence-corrected chi connectivity index (χ0v) is 6.30. The maximum Gasteiger partial charge on any atom is 0.462 e. The topological polar surface area (TPSA) is 26.3 Å². The minimum Gasteiger partial charge on any atom is -0.240 e. The fourth-order valence-corrected chi connectivity index (χ4v) is 0.477. The Bertz CT molecular complexity index is 198. The maximum atomic E-state index is 11.8. The summed E-state index contributed by atoms with van der Waals surface area (Å²) in [7, 11) is -1.97. The first-order valence-electron chi connectivity index (χ1n) is 2.39. The molecule has 0 bridgehead atoms. The molecule has 0 amide bonds. The van der Waals surface area contributed by atoms with Crippen LogP contribution in [-0.4, -0.2) is 18.2 Å². The van der Waals surface area contributed by atoms with E-state index in [9.17, 15) is 35.3 Å². The minimum absolute atomic E-state index is 1.97. The highest BCUT2D eigenvalue weighted by Crippen LogP contribution is 2.48. The lowest BCUT2D eigenvalue weighted by atomic mass is 10.3. The molecule has 0 aliphatic rings. The van der Waals surface area contributed by atoms with Crippen LogP contribution < -0.4 is 0 Å². The summed E-state index contributed by atoms with van der Waals surface area (Å²) in [4.78, 5) is 0. The SMILES string of the molecule is O=POC(F)(F)C(F)(F)C(F)(F)F. The Morgan fingerprint density at radius 1 is 0.923 bits per heavy atom. The van der Waals surface area contributed by atoms with Crippen LogP contribution in [0.5, 0.6) is 0 Å². The maximum absolute atomic E-state index is 11.8. The first kappa shape index (κ1) is 12.6. The first-order valence-corrected chi connectivity index (χ1v) is 3.12. The molecule has 0 N–H and O–H groups in total. The lowest BCUT2D eigenvalue weighted by Crippen LogP contribution is -2.52. The van der Waals surface area contributed by atoms with Gasteiger partial charge in [-0.1, -0.05) is 0 Å². The summed E-state index contributed by atoms with van der Waals surface area (Å²) in [5.74, 6) is -6.38. The number of rotatable bonds is 3. The highest BCUT2D eigenvalue weighted by atomic mass is 31.1. The van der Waals surface area contributed by atoms with E-state index in [4.69, 9.17) is 0 Å². The number of halogens is 7. The highest BCUT2D eigenvalue weighted by Gasteiger charge is 2.75. The van der Waals surface area contributed by atoms with Crippen molar-refractivity contribution in [2.75, 3.05) is 0 Å². The van der Waals surface area contributed by atoms with Crippen LogP contribution in [0.1, 0.15) is 0 Å². The number of alkyl halides is 7. The molecule has 0 radical (unpaired) electrons. The van der Waals surface area contributed by atoms with E-state index >= 15 is 0 Å². The van der Waals surface area contributed by atoms with Gasteiger partial charge >= 0.3 is 26.9 Å². The van der Waals surface area contributed by atoms with Gasteiger partial charge in [-0.25, -0.2) is 9.09 Å². The van der Waals surface area contributed by atoms with Crippen LogP contribution >= 0.6 is 8.69 Å². The summed E-state index contributed by atoms with van der Waals surface area (Å²) in [6.45, 7) is 0. The Labute approximate surface area is 67.9 Å². The quantitative estimate of drug-likeness (QED) is 0.552. The Hall–Kier alpha value is -0.430. The van der Waals surface area contributed by atoms with Crippen molar-refractivity contribution in [3.63, 3.8) is 0 Å². The van der Waals surface area contributed by atoms with Gasteiger partial charge in [0.25, 0.3) is 0 Å². The van der Waals surface area contributed by atoms with Gasteiger partial charge in [-0.2, -0.15) is 30.7 Å². The highest BCUT2D eigenvalue weighted by molar-refractivity contribution is 7.17. The molecule has 0 rings (SSSR count). The molecule has 0 aliphatic heterocycles. The van der Waals surface area contributed by atoms with Gasteiger partial charge in [0.05, 0.1) is 0 Å². The van der Waals surface area contributed by atoms with Gasteiger partial charge in [-0.3, -0.25) is 0 Å². The van der Waals surface area contributed by atoms with E-state index in [2.05, 4.69) is 4.52 Å². The van der Waals surface area contributed by atoms with Crippen LogP contribution in [0, 0.1) is 0 Å². The summed E-state index contributed by atoms with van der Waals surface area (Å²) >= 11 is 0. The molecule has 0 unspecified atom stereocenters. The molecule has 0 spiro atoms. The van der Waals surface area contributed by atoms with Gasteiger partial charge in [0.1, 0.15) is 0 Å². The molecule has 0 aromatic rings. The van der Waals surface area contributed by atoms with Crippen LogP contribution in [0.25, 0.3) is 0 Å². The molecule has 78 valence electrons. The summed E-state index contributed by atoms with van der Waals surface area (Å²) in [6, 6.07) is 0. The zero-order valence-electron chi connectivity index (χ0n) is 5.41. The first-order chi connectivity index (χ1) is 5.56. The Morgan fingerprint density at radius 3 is 1.54 bits per heavy atom. The van der Waals surface area contributed by atoms with E-state index in [0.29, 0.717) is 0 Å². The van der Waals surface area contributed by atoms with E-state index in [0.717, 1.165) is 0 Å². The van der Waals surface area contributed by atoms with Crippen molar-refractivity contribution >= 4 is 8.69 Å². The summed E-state index contributed by atoms with van der Waals surface area (Å²) in [5, 5.41) is 0. The van der Waals surface area contributed by atoms with E-state index in [1.807, 2.05) is 0 Å². The molecule has 0 saturated carbocycles. The summed E-state index contributed by atoms with van der Waals surface area (Å²) in [5.41, 5.74) is 0. The second-order valence-corrected chi connectivity index (χ2v) is 2.09. The van der Waals surface area contributed by atoms with Crippen molar-refractivity contribution in [2.24, 2.45) is 0 Å². The Kier molecular flexibility index (Phi) is 3.26. The molecule has 0 aromatic carbocycles. The predicted octanol–water partition coefficient (Wildman–Crippen LogP) is 3.00. The number of hydrogen-bond acceptors (Lipinski definition) is 2. The van der Waals surface area contributed by atoms with Gasteiger partial charge in [0.2, 0.25) is 0 Å². The smallest absolute Gasteiger partial charge is 0.240 e. The molecule has 0 saturated heterocycles. The van der Waals surface area contributed by atoms with Gasteiger partial charge in [-0.15, -0.1) is 0 Å². The summed E-state index contributed by atoms with van der Waals surface area (Å²) < 4.78 is 92.5. The van der Waals surface area contributed by atoms with Crippen molar-refractivity contribution in [2.45, 2.75) is 18.2 Å². The van der Waals surface area contributed by atoms with E-state index in [-0.39, 0.29) is 0 Å². The average molecular weight is 232 g/mol. The summed E-state index contributed by atoms with van der Waals surface area (Å²) in [6.07, 6.45) is -12.3. The van der Waals surface area contributed by atoms with E-state index < -0.39 is 26.9 Å². The fraction of sp³-hybridized carbons (Fsp3) is 1.00. The van der Waals surface area contributed by atoms with Crippen LogP contribution in [0.3, 0.4) is 0 Å². The van der Waals surface area contributed by atoms with E-state index in [1.54, 1.807) is 0 Å². The predicted molar refractivity (Wildman–Crippen MR) is 24.6 cm³/mol. The largest absolute Gasteiger partial charge is 0.462 e. The molecule has 0 fully saturated rings. The normalized spacial score (nSPS) is 15.0. The lowest BCUT2D eigenvalue weighted by molar-refractivity contribution is -0.401. The van der Waals surface area contributed by atoms with Crippen molar-refractivity contribution in [1.29, 1.82) is 0 Å². The van der Waals surface area contributed by atoms with Crippen molar-refractivity contribution in [1.82, 2.24) is 0 Å². The molecule has 2 nitrogen and oxygen atoms in total. The lowest BCUT2D eigenvalue weighted by Gasteiger charge is -2.24. The third kappa shape index (κ3) is 2.28. The third-order valence-corrected chi connectivity index (χ3v) is 1.18. The minimum atomic E-state index is -6.47. The Balaban J connectivity index is 4.91. The van der Waals surface area contributed by atoms with Crippen LogP contribution in [0.2, 0.25) is 0 Å².